The predicted octanol–water partition coefficient (Wildman–Crippen LogP) is 0.679. The molecule has 1 rings (SSSR count). The minimum atomic E-state index is -0.846. The summed E-state index contributed by atoms with van der Waals surface area (Å²) in [5, 5.41) is 11.6. The van der Waals surface area contributed by atoms with Gasteiger partial charge in [0.2, 0.25) is 0 Å². The van der Waals surface area contributed by atoms with E-state index in [1.54, 1.807) is 13.0 Å². The van der Waals surface area contributed by atoms with Gasteiger partial charge in [0.05, 0.1) is 5.41 Å². The predicted molar refractivity (Wildman–Crippen MR) is 55.5 cm³/mol. The maximum atomic E-state index is 11.5. The SMILES string of the molecule is C=CCNC(=O)N1CCC(C)(C(=O)O)C1. The number of nitrogens with zero attached hydrogens (tertiary/aromatic N) is 1. The van der Waals surface area contributed by atoms with Crippen LogP contribution in [0.15, 0.2) is 12.7 Å². The molecule has 1 aliphatic heterocycles. The number of carbonyl (C=O) groups is 2. The van der Waals surface area contributed by atoms with Crippen LogP contribution in [0, 0.1) is 5.41 Å². The van der Waals surface area contributed by atoms with Crippen LogP contribution in [0.5, 0.6) is 0 Å². The Morgan fingerprint density at radius 2 is 2.33 bits per heavy atom. The molecular weight excluding hydrogens is 196 g/mol. The van der Waals surface area contributed by atoms with Crippen molar-refractivity contribution >= 4 is 12.0 Å². The smallest absolute Gasteiger partial charge is 0.317 e. The second-order valence-electron chi connectivity index (χ2n) is 4.01. The Kier molecular flexibility index (Phi) is 3.34. The van der Waals surface area contributed by atoms with Gasteiger partial charge in [0.25, 0.3) is 0 Å². The molecule has 1 atom stereocenters. The topological polar surface area (TPSA) is 69.6 Å². The van der Waals surface area contributed by atoms with Gasteiger partial charge < -0.3 is 15.3 Å². The van der Waals surface area contributed by atoms with Gasteiger partial charge in [-0.15, -0.1) is 6.58 Å². The van der Waals surface area contributed by atoms with Gasteiger partial charge in [-0.05, 0) is 13.3 Å². The highest BCUT2D eigenvalue weighted by Gasteiger charge is 2.41. The molecule has 0 spiro atoms. The Bertz CT molecular complexity index is 290. The highest BCUT2D eigenvalue weighted by molar-refractivity contribution is 5.79. The number of carbonyl (C=O) groups excluding carboxylic acids is 1. The summed E-state index contributed by atoms with van der Waals surface area (Å²) in [5.74, 6) is -0.846. The zero-order valence-electron chi connectivity index (χ0n) is 8.82. The van der Waals surface area contributed by atoms with Crippen molar-refractivity contribution in [3.8, 4) is 0 Å². The molecule has 1 heterocycles. The van der Waals surface area contributed by atoms with Gasteiger partial charge in [0.1, 0.15) is 0 Å². The number of rotatable bonds is 3. The number of hydrogen-bond acceptors (Lipinski definition) is 2. The van der Waals surface area contributed by atoms with E-state index in [0.29, 0.717) is 19.5 Å². The van der Waals surface area contributed by atoms with Crippen LogP contribution in [0.1, 0.15) is 13.3 Å². The highest BCUT2D eigenvalue weighted by Crippen LogP contribution is 2.29. The van der Waals surface area contributed by atoms with E-state index in [2.05, 4.69) is 11.9 Å². The van der Waals surface area contributed by atoms with E-state index in [1.165, 1.54) is 4.90 Å². The fraction of sp³-hybridized carbons (Fsp3) is 0.600. The lowest BCUT2D eigenvalue weighted by molar-refractivity contribution is -0.146. The molecule has 0 bridgehead atoms. The Balaban J connectivity index is 2.52. The van der Waals surface area contributed by atoms with Gasteiger partial charge >= 0.3 is 12.0 Å². The Morgan fingerprint density at radius 3 is 2.80 bits per heavy atom. The van der Waals surface area contributed by atoms with Crippen LogP contribution in [0.4, 0.5) is 4.79 Å². The summed E-state index contributed by atoms with van der Waals surface area (Å²) >= 11 is 0. The first-order valence-electron chi connectivity index (χ1n) is 4.87. The van der Waals surface area contributed by atoms with E-state index in [9.17, 15) is 9.59 Å². The lowest BCUT2D eigenvalue weighted by atomic mass is 9.90. The van der Waals surface area contributed by atoms with Crippen molar-refractivity contribution in [1.82, 2.24) is 10.2 Å². The average Bonchev–Trinajstić information content (AvgIpc) is 2.59. The van der Waals surface area contributed by atoms with E-state index in [0.717, 1.165) is 0 Å². The summed E-state index contributed by atoms with van der Waals surface area (Å²) in [7, 11) is 0. The Hall–Kier alpha value is -1.52. The lowest BCUT2D eigenvalue weighted by Gasteiger charge is -2.20. The molecule has 1 unspecified atom stereocenters. The maximum absolute atomic E-state index is 11.5. The highest BCUT2D eigenvalue weighted by atomic mass is 16.4. The van der Waals surface area contributed by atoms with Gasteiger partial charge in [0, 0.05) is 19.6 Å². The minimum Gasteiger partial charge on any atom is -0.481 e. The monoisotopic (exact) mass is 212 g/mol. The summed E-state index contributed by atoms with van der Waals surface area (Å²) < 4.78 is 0. The first-order valence-corrected chi connectivity index (χ1v) is 4.87. The normalized spacial score (nSPS) is 25.0. The minimum absolute atomic E-state index is 0.222. The van der Waals surface area contributed by atoms with Crippen molar-refractivity contribution in [2.24, 2.45) is 5.41 Å². The molecule has 0 aromatic rings. The summed E-state index contributed by atoms with van der Waals surface area (Å²) in [6.07, 6.45) is 2.09. The van der Waals surface area contributed by atoms with Gasteiger partial charge in [-0.1, -0.05) is 6.08 Å². The quantitative estimate of drug-likeness (QED) is 0.676. The second kappa shape index (κ2) is 4.33. The van der Waals surface area contributed by atoms with Crippen LogP contribution in [-0.2, 0) is 4.79 Å². The molecule has 15 heavy (non-hydrogen) atoms. The van der Waals surface area contributed by atoms with E-state index in [4.69, 9.17) is 5.11 Å². The Labute approximate surface area is 88.8 Å². The van der Waals surface area contributed by atoms with Crippen molar-refractivity contribution in [3.63, 3.8) is 0 Å². The number of carboxylic acid groups (broad SMARTS) is 1. The van der Waals surface area contributed by atoms with E-state index in [1.807, 2.05) is 0 Å². The number of hydrogen-bond donors (Lipinski definition) is 2. The van der Waals surface area contributed by atoms with Crippen LogP contribution < -0.4 is 5.32 Å². The van der Waals surface area contributed by atoms with Crippen LogP contribution in [0.25, 0.3) is 0 Å². The first kappa shape index (κ1) is 11.6. The largest absolute Gasteiger partial charge is 0.481 e. The van der Waals surface area contributed by atoms with Crippen LogP contribution >= 0.6 is 0 Å². The summed E-state index contributed by atoms with van der Waals surface area (Å²) in [6.45, 7) is 6.31. The number of likely N-dealkylation sites (tertiary alicyclic amines) is 1. The molecule has 1 fully saturated rings. The summed E-state index contributed by atoms with van der Waals surface area (Å²) in [4.78, 5) is 23.9. The third kappa shape index (κ3) is 2.49. The van der Waals surface area contributed by atoms with Crippen molar-refractivity contribution < 1.29 is 14.7 Å². The van der Waals surface area contributed by atoms with Crippen LogP contribution in [0.3, 0.4) is 0 Å². The number of urea groups is 1. The van der Waals surface area contributed by atoms with Gasteiger partial charge in [-0.3, -0.25) is 4.79 Å². The molecule has 0 saturated carbocycles. The molecule has 0 radical (unpaired) electrons. The fourth-order valence-electron chi connectivity index (χ4n) is 1.58. The van der Waals surface area contributed by atoms with Crippen molar-refractivity contribution in [1.29, 1.82) is 0 Å². The third-order valence-electron chi connectivity index (χ3n) is 2.67. The molecule has 0 aromatic heterocycles. The number of nitrogens with one attached hydrogen (secondary N) is 1. The molecule has 5 nitrogen and oxygen atoms in total. The fourth-order valence-corrected chi connectivity index (χ4v) is 1.58. The van der Waals surface area contributed by atoms with Gasteiger partial charge in [-0.25, -0.2) is 4.79 Å². The zero-order chi connectivity index (χ0) is 11.5. The molecular formula is C10H16N2O3. The van der Waals surface area contributed by atoms with E-state index < -0.39 is 11.4 Å². The lowest BCUT2D eigenvalue weighted by Crippen LogP contribution is -2.40. The van der Waals surface area contributed by atoms with Crippen LogP contribution in [0.2, 0.25) is 0 Å². The maximum Gasteiger partial charge on any atom is 0.317 e. The van der Waals surface area contributed by atoms with E-state index in [-0.39, 0.29) is 12.6 Å². The molecule has 1 saturated heterocycles. The molecule has 1 aliphatic rings. The van der Waals surface area contributed by atoms with E-state index >= 15 is 0 Å². The molecule has 84 valence electrons. The molecule has 0 aromatic carbocycles. The van der Waals surface area contributed by atoms with Crippen molar-refractivity contribution in [2.75, 3.05) is 19.6 Å². The molecule has 2 amide bonds. The van der Waals surface area contributed by atoms with Crippen molar-refractivity contribution in [3.05, 3.63) is 12.7 Å². The van der Waals surface area contributed by atoms with Crippen molar-refractivity contribution in [2.45, 2.75) is 13.3 Å². The molecule has 2 N–H and O–H groups in total. The third-order valence-corrected chi connectivity index (χ3v) is 2.67. The summed E-state index contributed by atoms with van der Waals surface area (Å²) in [6, 6.07) is -0.222. The van der Waals surface area contributed by atoms with Gasteiger partial charge in [0.15, 0.2) is 0 Å². The number of carboxylic acids is 1. The average molecular weight is 212 g/mol. The molecule has 0 aliphatic carbocycles. The number of amides is 2. The number of aliphatic carboxylic acids is 1. The van der Waals surface area contributed by atoms with Crippen LogP contribution in [-0.4, -0.2) is 41.6 Å². The van der Waals surface area contributed by atoms with Gasteiger partial charge in [-0.2, -0.15) is 0 Å². The first-order chi connectivity index (χ1) is 6.99. The Morgan fingerprint density at radius 1 is 1.67 bits per heavy atom. The summed E-state index contributed by atoms with van der Waals surface area (Å²) in [5.41, 5.74) is -0.800. The zero-order valence-corrected chi connectivity index (χ0v) is 8.82. The second-order valence-corrected chi connectivity index (χ2v) is 4.01. The standard InChI is InChI=1S/C10H16N2O3/c1-3-5-11-9(15)12-6-4-10(2,7-12)8(13)14/h3H,1,4-7H2,2H3,(H,11,15)(H,13,14). The molecule has 5 heteroatoms.